The number of carboxylic acids is 1. The number of hydrogen-bond donors (Lipinski definition) is 4. The molecule has 1 aliphatic heterocycles. The molecule has 1 rings (SSSR count). The van der Waals surface area contributed by atoms with E-state index in [0.29, 0.717) is 12.8 Å². The zero-order chi connectivity index (χ0) is 46.0. The van der Waals surface area contributed by atoms with E-state index in [0.717, 1.165) is 70.6 Å². The number of rotatable bonds is 42. The Morgan fingerprint density at radius 3 is 1.41 bits per heavy atom. The van der Waals surface area contributed by atoms with E-state index < -0.39 is 61.3 Å². The molecular weight excluding hydrogens is 801 g/mol. The molecule has 0 aromatic rings. The monoisotopic (exact) mass is 891 g/mol. The van der Waals surface area contributed by atoms with Gasteiger partial charge in [0.2, 0.25) is 0 Å². The van der Waals surface area contributed by atoms with Gasteiger partial charge in [0.25, 0.3) is 0 Å². The van der Waals surface area contributed by atoms with Crippen molar-refractivity contribution in [3.63, 3.8) is 0 Å². The van der Waals surface area contributed by atoms with Crippen molar-refractivity contribution in [2.24, 2.45) is 0 Å². The van der Waals surface area contributed by atoms with Gasteiger partial charge in [-0.05, 0) is 51.4 Å². The molecule has 11 heteroatoms. The Hall–Kier alpha value is -2.83. The highest BCUT2D eigenvalue weighted by atomic mass is 16.7. The first-order valence-corrected chi connectivity index (χ1v) is 25.2. The molecule has 1 fully saturated rings. The van der Waals surface area contributed by atoms with Gasteiger partial charge < -0.3 is 39.4 Å². The average molecular weight is 891 g/mol. The molecule has 0 spiro atoms. The highest BCUT2D eigenvalue weighted by molar-refractivity contribution is 5.73. The van der Waals surface area contributed by atoms with Crippen molar-refractivity contribution in [1.29, 1.82) is 0 Å². The van der Waals surface area contributed by atoms with Gasteiger partial charge in [-0.25, -0.2) is 4.79 Å². The summed E-state index contributed by atoms with van der Waals surface area (Å²) in [5.74, 6) is -2.47. The Morgan fingerprint density at radius 2 is 0.937 bits per heavy atom. The summed E-state index contributed by atoms with van der Waals surface area (Å²) < 4.78 is 21.8. The molecule has 0 aromatic heterocycles. The summed E-state index contributed by atoms with van der Waals surface area (Å²) >= 11 is 0. The number of aliphatic hydroxyl groups is 3. The first-order chi connectivity index (χ1) is 30.7. The third-order valence-corrected chi connectivity index (χ3v) is 11.4. The van der Waals surface area contributed by atoms with Crippen LogP contribution >= 0.6 is 0 Å². The molecule has 1 saturated heterocycles. The quantitative estimate of drug-likeness (QED) is 0.0261. The van der Waals surface area contributed by atoms with E-state index in [1.54, 1.807) is 0 Å². The largest absolute Gasteiger partial charge is 0.479 e. The Labute approximate surface area is 382 Å². The zero-order valence-corrected chi connectivity index (χ0v) is 39.6. The van der Waals surface area contributed by atoms with Crippen LogP contribution in [-0.4, -0.2) is 88.4 Å². The fourth-order valence-corrected chi connectivity index (χ4v) is 7.52. The summed E-state index contributed by atoms with van der Waals surface area (Å²) in [6.07, 6.45) is 41.6. The molecule has 0 radical (unpaired) electrons. The predicted octanol–water partition coefficient (Wildman–Crippen LogP) is 11.7. The number of allylic oxidation sites excluding steroid dienone is 8. The fourth-order valence-electron chi connectivity index (χ4n) is 7.52. The Morgan fingerprint density at radius 1 is 0.508 bits per heavy atom. The van der Waals surface area contributed by atoms with Crippen LogP contribution in [0.5, 0.6) is 0 Å². The third-order valence-electron chi connectivity index (χ3n) is 11.4. The Balaban J connectivity index is 2.32. The first-order valence-electron chi connectivity index (χ1n) is 25.2. The van der Waals surface area contributed by atoms with Crippen LogP contribution in [0.25, 0.3) is 0 Å². The van der Waals surface area contributed by atoms with Crippen LogP contribution in [0.3, 0.4) is 0 Å². The highest BCUT2D eigenvalue weighted by Gasteiger charge is 2.47. The average Bonchev–Trinajstić information content (AvgIpc) is 3.27. The number of esters is 2. The molecule has 0 aromatic carbocycles. The van der Waals surface area contributed by atoms with Crippen LogP contribution in [0, 0.1) is 0 Å². The number of hydrogen-bond acceptors (Lipinski definition) is 10. The van der Waals surface area contributed by atoms with E-state index in [-0.39, 0.29) is 19.4 Å². The molecule has 6 unspecified atom stereocenters. The minimum Gasteiger partial charge on any atom is -0.479 e. The number of carboxylic acid groups (broad SMARTS) is 1. The van der Waals surface area contributed by atoms with Crippen molar-refractivity contribution >= 4 is 17.9 Å². The zero-order valence-electron chi connectivity index (χ0n) is 39.6. The van der Waals surface area contributed by atoms with Gasteiger partial charge >= 0.3 is 17.9 Å². The number of unbranched alkanes of at least 4 members (excludes halogenated alkanes) is 23. The number of carbonyl (C=O) groups is 3. The molecule has 0 amide bonds. The maximum Gasteiger partial charge on any atom is 0.335 e. The number of carbonyl (C=O) groups excluding carboxylic acids is 2. The predicted molar refractivity (Wildman–Crippen MR) is 252 cm³/mol. The van der Waals surface area contributed by atoms with Crippen molar-refractivity contribution in [1.82, 2.24) is 0 Å². The summed E-state index contributed by atoms with van der Waals surface area (Å²) in [6.45, 7) is 3.70. The minimum atomic E-state index is -1.87. The van der Waals surface area contributed by atoms with Gasteiger partial charge in [0.05, 0.1) is 6.61 Å². The van der Waals surface area contributed by atoms with E-state index in [9.17, 15) is 34.8 Å². The summed E-state index contributed by atoms with van der Waals surface area (Å²) in [5.41, 5.74) is 0. The Bertz CT molecular complexity index is 1230. The maximum atomic E-state index is 12.8. The molecule has 4 N–H and O–H groups in total. The van der Waals surface area contributed by atoms with Gasteiger partial charge in [-0.15, -0.1) is 0 Å². The summed E-state index contributed by atoms with van der Waals surface area (Å²) in [4.78, 5) is 37.0. The molecule has 1 aliphatic rings. The fraction of sp³-hybridized carbons (Fsp3) is 0.788. The van der Waals surface area contributed by atoms with Gasteiger partial charge in [-0.2, -0.15) is 0 Å². The van der Waals surface area contributed by atoms with Crippen LogP contribution in [0.1, 0.15) is 213 Å². The Kier molecular flexibility index (Phi) is 38.6. The van der Waals surface area contributed by atoms with Crippen molar-refractivity contribution in [3.05, 3.63) is 48.6 Å². The van der Waals surface area contributed by atoms with E-state index in [4.69, 9.17) is 18.9 Å². The topological polar surface area (TPSA) is 169 Å². The van der Waals surface area contributed by atoms with Crippen molar-refractivity contribution in [2.75, 3.05) is 13.2 Å². The molecule has 63 heavy (non-hydrogen) atoms. The second-order valence-electron chi connectivity index (χ2n) is 17.3. The SMILES string of the molecule is CC/C=C\C/C=C\C/C=C\C/C=C\CCCCCCC(=O)OCC(COC1OC(C(=O)O)C(O)C(O)C1O)OC(=O)CCCCCCCCCCCCCCCCCCCCCC. The van der Waals surface area contributed by atoms with E-state index in [2.05, 4.69) is 62.5 Å². The second kappa shape index (κ2) is 41.8. The molecule has 0 saturated carbocycles. The van der Waals surface area contributed by atoms with Crippen molar-refractivity contribution < 1.29 is 53.8 Å². The molecule has 11 nitrogen and oxygen atoms in total. The normalized spacial score (nSPS) is 19.8. The van der Waals surface area contributed by atoms with Crippen molar-refractivity contribution in [3.8, 4) is 0 Å². The van der Waals surface area contributed by atoms with Crippen molar-refractivity contribution in [2.45, 2.75) is 250 Å². The number of aliphatic hydroxyl groups excluding tert-OH is 3. The second-order valence-corrected chi connectivity index (χ2v) is 17.3. The standard InChI is InChI=1S/C52H90O11/c1-3-5-7-9-11-13-15-17-19-21-22-23-25-27-29-31-33-35-37-39-41-46(54)62-44(43-61-52-49(57)47(55)48(56)50(63-52)51(58)59)42-60-45(53)40-38-36-34-32-30-28-26-24-20-18-16-14-12-10-8-6-4-2/h6,8,12,14,18,20,26,28,44,47-50,52,55-57H,3-5,7,9-11,13,15-17,19,21-25,27,29-43H2,1-2H3,(H,58,59)/b8-6-,14-12-,20-18-,28-26-. The smallest absolute Gasteiger partial charge is 0.335 e. The lowest BCUT2D eigenvalue weighted by atomic mass is 9.99. The van der Waals surface area contributed by atoms with E-state index >= 15 is 0 Å². The van der Waals surface area contributed by atoms with Crippen LogP contribution in [0.2, 0.25) is 0 Å². The van der Waals surface area contributed by atoms with Crippen LogP contribution in [0.4, 0.5) is 0 Å². The van der Waals surface area contributed by atoms with Gasteiger partial charge in [0.15, 0.2) is 18.5 Å². The number of aliphatic carboxylic acids is 1. The molecule has 364 valence electrons. The minimum absolute atomic E-state index is 0.179. The molecule has 0 bridgehead atoms. The van der Waals surface area contributed by atoms with Gasteiger partial charge in [-0.3, -0.25) is 9.59 Å². The van der Waals surface area contributed by atoms with E-state index in [1.807, 2.05) is 0 Å². The highest BCUT2D eigenvalue weighted by Crippen LogP contribution is 2.23. The summed E-state index contributed by atoms with van der Waals surface area (Å²) in [5, 5.41) is 39.9. The summed E-state index contributed by atoms with van der Waals surface area (Å²) in [7, 11) is 0. The first kappa shape index (κ1) is 58.2. The molecule has 1 heterocycles. The third kappa shape index (κ3) is 33.3. The molecule has 6 atom stereocenters. The molecule has 0 aliphatic carbocycles. The van der Waals surface area contributed by atoms with Gasteiger partial charge in [-0.1, -0.05) is 197 Å². The lowest BCUT2D eigenvalue weighted by Gasteiger charge is -2.38. The lowest BCUT2D eigenvalue weighted by Crippen LogP contribution is -2.60. The molecular formula is C52H90O11. The van der Waals surface area contributed by atoms with Gasteiger partial charge in [0.1, 0.15) is 24.9 Å². The number of ether oxygens (including phenoxy) is 4. The summed E-state index contributed by atoms with van der Waals surface area (Å²) in [6, 6.07) is 0. The maximum absolute atomic E-state index is 12.8. The van der Waals surface area contributed by atoms with Gasteiger partial charge in [0, 0.05) is 12.8 Å². The van der Waals surface area contributed by atoms with Crippen LogP contribution < -0.4 is 0 Å². The van der Waals surface area contributed by atoms with Crippen LogP contribution in [0.15, 0.2) is 48.6 Å². The van der Waals surface area contributed by atoms with E-state index in [1.165, 1.54) is 103 Å². The lowest BCUT2D eigenvalue weighted by molar-refractivity contribution is -0.298. The van der Waals surface area contributed by atoms with Crippen LogP contribution in [-0.2, 0) is 33.3 Å².